The van der Waals surface area contributed by atoms with Crippen LogP contribution in [0.2, 0.25) is 0 Å². The van der Waals surface area contributed by atoms with Gasteiger partial charge in [0, 0.05) is 25.6 Å². The minimum absolute atomic E-state index is 0.0244. The predicted molar refractivity (Wildman–Crippen MR) is 98.6 cm³/mol. The number of piperidine rings is 1. The van der Waals surface area contributed by atoms with E-state index in [2.05, 4.69) is 10.3 Å². The van der Waals surface area contributed by atoms with Crippen molar-refractivity contribution < 1.29 is 9.59 Å². The van der Waals surface area contributed by atoms with Crippen LogP contribution < -0.4 is 10.9 Å². The van der Waals surface area contributed by atoms with Crippen LogP contribution in [0.1, 0.15) is 26.2 Å². The van der Waals surface area contributed by atoms with Gasteiger partial charge in [-0.25, -0.2) is 4.98 Å². The van der Waals surface area contributed by atoms with E-state index in [1.54, 1.807) is 23.1 Å². The second-order valence-electron chi connectivity index (χ2n) is 6.64. The quantitative estimate of drug-likeness (QED) is 0.871. The zero-order valence-electron chi connectivity index (χ0n) is 15.0. The molecule has 0 radical (unpaired) electrons. The standard InChI is InChI=1S/C19H24N4O3/c1-2-9-20-18(25)14-7-10-22(11-8-14)17(24)12-23-13-21-16-6-4-3-5-15(16)19(23)26/h3-6,13-14H,2,7-12H2,1H3,(H,20,25). The van der Waals surface area contributed by atoms with E-state index < -0.39 is 0 Å². The second-order valence-corrected chi connectivity index (χ2v) is 6.64. The van der Waals surface area contributed by atoms with Gasteiger partial charge >= 0.3 is 0 Å². The summed E-state index contributed by atoms with van der Waals surface area (Å²) in [6.45, 7) is 3.77. The lowest BCUT2D eigenvalue weighted by Gasteiger charge is -2.31. The lowest BCUT2D eigenvalue weighted by Crippen LogP contribution is -2.44. The number of likely N-dealkylation sites (tertiary alicyclic amines) is 1. The molecule has 1 aromatic heterocycles. The van der Waals surface area contributed by atoms with E-state index in [9.17, 15) is 14.4 Å². The van der Waals surface area contributed by atoms with Crippen LogP contribution in [0.4, 0.5) is 0 Å². The molecule has 1 saturated heterocycles. The Hall–Kier alpha value is -2.70. The van der Waals surface area contributed by atoms with Crippen LogP contribution in [0.25, 0.3) is 10.9 Å². The Morgan fingerprint density at radius 3 is 2.69 bits per heavy atom. The second kappa shape index (κ2) is 8.12. The fourth-order valence-corrected chi connectivity index (χ4v) is 3.25. The Balaban J connectivity index is 1.61. The molecule has 0 spiro atoms. The van der Waals surface area contributed by atoms with E-state index in [4.69, 9.17) is 0 Å². The first-order valence-corrected chi connectivity index (χ1v) is 9.10. The van der Waals surface area contributed by atoms with Gasteiger partial charge in [0.15, 0.2) is 0 Å². The van der Waals surface area contributed by atoms with Gasteiger partial charge in [-0.2, -0.15) is 0 Å². The fourth-order valence-electron chi connectivity index (χ4n) is 3.25. The zero-order valence-corrected chi connectivity index (χ0v) is 15.0. The molecule has 0 bridgehead atoms. The molecule has 2 heterocycles. The number of hydrogen-bond donors (Lipinski definition) is 1. The number of amides is 2. The van der Waals surface area contributed by atoms with Crippen molar-refractivity contribution in [3.05, 3.63) is 40.9 Å². The first-order valence-electron chi connectivity index (χ1n) is 9.10. The summed E-state index contributed by atoms with van der Waals surface area (Å²) < 4.78 is 1.35. The third-order valence-corrected chi connectivity index (χ3v) is 4.80. The van der Waals surface area contributed by atoms with Crippen LogP contribution in [0.15, 0.2) is 35.4 Å². The van der Waals surface area contributed by atoms with Gasteiger partial charge in [-0.1, -0.05) is 19.1 Å². The lowest BCUT2D eigenvalue weighted by atomic mass is 9.96. The number of nitrogens with zero attached hydrogens (tertiary/aromatic N) is 3. The first-order chi connectivity index (χ1) is 12.6. The molecule has 0 unspecified atom stereocenters. The molecule has 7 heteroatoms. The van der Waals surface area contributed by atoms with Crippen molar-refractivity contribution in [1.82, 2.24) is 19.8 Å². The minimum Gasteiger partial charge on any atom is -0.356 e. The third kappa shape index (κ3) is 3.92. The molecule has 0 aliphatic carbocycles. The number of rotatable bonds is 5. The van der Waals surface area contributed by atoms with Crippen LogP contribution in [0.5, 0.6) is 0 Å². The minimum atomic E-state index is -0.210. The molecule has 138 valence electrons. The number of hydrogen-bond acceptors (Lipinski definition) is 4. The van der Waals surface area contributed by atoms with Crippen LogP contribution in [0.3, 0.4) is 0 Å². The van der Waals surface area contributed by atoms with Crippen LogP contribution >= 0.6 is 0 Å². The largest absolute Gasteiger partial charge is 0.356 e. The van der Waals surface area contributed by atoms with Gasteiger partial charge in [0.1, 0.15) is 6.54 Å². The molecule has 0 saturated carbocycles. The van der Waals surface area contributed by atoms with Crippen molar-refractivity contribution in [1.29, 1.82) is 0 Å². The molecule has 7 nitrogen and oxygen atoms in total. The number of nitrogens with one attached hydrogen (secondary N) is 1. The molecule has 2 amide bonds. The van der Waals surface area contributed by atoms with Gasteiger partial charge in [0.2, 0.25) is 11.8 Å². The lowest BCUT2D eigenvalue weighted by molar-refractivity contribution is -0.136. The van der Waals surface area contributed by atoms with Crippen LogP contribution in [-0.4, -0.2) is 45.9 Å². The molecule has 1 aliphatic rings. The summed E-state index contributed by atoms with van der Waals surface area (Å²) in [6.07, 6.45) is 3.66. The molecular weight excluding hydrogens is 332 g/mol. The molecule has 3 rings (SSSR count). The maximum atomic E-state index is 12.5. The molecule has 26 heavy (non-hydrogen) atoms. The molecule has 1 N–H and O–H groups in total. The van der Waals surface area contributed by atoms with Crippen molar-refractivity contribution in [3.8, 4) is 0 Å². The van der Waals surface area contributed by atoms with Gasteiger partial charge < -0.3 is 10.2 Å². The summed E-state index contributed by atoms with van der Waals surface area (Å²) in [7, 11) is 0. The van der Waals surface area contributed by atoms with E-state index in [1.807, 2.05) is 13.0 Å². The van der Waals surface area contributed by atoms with Gasteiger partial charge in [-0.05, 0) is 31.4 Å². The average molecular weight is 356 g/mol. The summed E-state index contributed by atoms with van der Waals surface area (Å²) in [5.41, 5.74) is 0.415. The monoisotopic (exact) mass is 356 g/mol. The molecule has 1 aliphatic heterocycles. The Morgan fingerprint density at radius 2 is 1.96 bits per heavy atom. The molecule has 1 aromatic carbocycles. The van der Waals surface area contributed by atoms with Crippen molar-refractivity contribution in [2.24, 2.45) is 5.92 Å². The molecular formula is C19H24N4O3. The number of para-hydroxylation sites is 1. The van der Waals surface area contributed by atoms with Gasteiger partial charge in [-0.3, -0.25) is 19.0 Å². The van der Waals surface area contributed by atoms with Crippen LogP contribution in [-0.2, 0) is 16.1 Å². The highest BCUT2D eigenvalue weighted by Crippen LogP contribution is 2.17. The first kappa shape index (κ1) is 18.1. The summed E-state index contributed by atoms with van der Waals surface area (Å²) in [5.74, 6) is -0.0684. The topological polar surface area (TPSA) is 84.3 Å². The normalized spacial score (nSPS) is 15.2. The number of benzene rings is 1. The third-order valence-electron chi connectivity index (χ3n) is 4.80. The molecule has 2 aromatic rings. The SMILES string of the molecule is CCCNC(=O)C1CCN(C(=O)Cn2cnc3ccccc3c2=O)CC1. The Kier molecular flexibility index (Phi) is 5.65. The van der Waals surface area contributed by atoms with Crippen LogP contribution in [0, 0.1) is 5.92 Å². The van der Waals surface area contributed by atoms with E-state index in [0.717, 1.165) is 6.42 Å². The van der Waals surface area contributed by atoms with Gasteiger partial charge in [0.05, 0.1) is 17.2 Å². The van der Waals surface area contributed by atoms with Crippen molar-refractivity contribution in [2.75, 3.05) is 19.6 Å². The Bertz CT molecular complexity index is 853. The van der Waals surface area contributed by atoms with E-state index in [0.29, 0.717) is 43.4 Å². The Morgan fingerprint density at radius 1 is 1.23 bits per heavy atom. The van der Waals surface area contributed by atoms with E-state index >= 15 is 0 Å². The maximum absolute atomic E-state index is 12.5. The Labute approximate surface area is 152 Å². The van der Waals surface area contributed by atoms with E-state index in [1.165, 1.54) is 10.9 Å². The van der Waals surface area contributed by atoms with Crippen molar-refractivity contribution >= 4 is 22.7 Å². The average Bonchev–Trinajstić information content (AvgIpc) is 2.68. The number of aromatic nitrogens is 2. The smallest absolute Gasteiger partial charge is 0.261 e. The summed E-state index contributed by atoms with van der Waals surface area (Å²) in [4.78, 5) is 43.0. The fraction of sp³-hybridized carbons (Fsp3) is 0.474. The number of carbonyl (C=O) groups is 2. The predicted octanol–water partition coefficient (Wildman–Crippen LogP) is 1.16. The van der Waals surface area contributed by atoms with Crippen molar-refractivity contribution in [2.45, 2.75) is 32.7 Å². The highest BCUT2D eigenvalue weighted by Gasteiger charge is 2.27. The highest BCUT2D eigenvalue weighted by molar-refractivity contribution is 5.80. The number of fused-ring (bicyclic) bond motifs is 1. The number of carbonyl (C=O) groups excluding carboxylic acids is 2. The maximum Gasteiger partial charge on any atom is 0.261 e. The van der Waals surface area contributed by atoms with Gasteiger partial charge in [0.25, 0.3) is 5.56 Å². The van der Waals surface area contributed by atoms with E-state index in [-0.39, 0.29) is 29.8 Å². The molecule has 0 atom stereocenters. The molecule has 1 fully saturated rings. The summed E-state index contributed by atoms with van der Waals surface area (Å²) >= 11 is 0. The summed E-state index contributed by atoms with van der Waals surface area (Å²) in [6, 6.07) is 7.10. The van der Waals surface area contributed by atoms with Gasteiger partial charge in [-0.15, -0.1) is 0 Å². The zero-order chi connectivity index (χ0) is 18.5. The van der Waals surface area contributed by atoms with Crippen molar-refractivity contribution in [3.63, 3.8) is 0 Å². The summed E-state index contributed by atoms with van der Waals surface area (Å²) in [5, 5.41) is 3.42. The highest BCUT2D eigenvalue weighted by atomic mass is 16.2.